The number of nitrogens with zero attached hydrogens (tertiary/aromatic N) is 2. The van der Waals surface area contributed by atoms with E-state index < -0.39 is 5.97 Å². The van der Waals surface area contributed by atoms with E-state index in [0.29, 0.717) is 15.9 Å². The van der Waals surface area contributed by atoms with E-state index in [-0.39, 0.29) is 5.91 Å². The second-order valence-corrected chi connectivity index (χ2v) is 8.41. The molecule has 0 atom stereocenters. The van der Waals surface area contributed by atoms with Gasteiger partial charge in [0.25, 0.3) is 5.91 Å². The molecule has 1 heterocycles. The van der Waals surface area contributed by atoms with E-state index in [9.17, 15) is 9.59 Å². The molecule has 2 aromatic carbocycles. The van der Waals surface area contributed by atoms with Crippen molar-refractivity contribution in [2.24, 2.45) is 4.99 Å². The molecule has 0 aliphatic carbocycles. The van der Waals surface area contributed by atoms with Crippen molar-refractivity contribution in [2.45, 2.75) is 20.4 Å². The van der Waals surface area contributed by atoms with Gasteiger partial charge >= 0.3 is 5.97 Å². The number of rotatable bonds is 5. The SMILES string of the molecule is COC(=O)c1ccc(C(=O)N=c2sc3c(C)cc(C)cc3n2CCSC)cc1. The van der Waals surface area contributed by atoms with Gasteiger partial charge in [-0.15, -0.1) is 0 Å². The molecule has 3 rings (SSSR count). The standard InChI is InChI=1S/C21H22N2O3S2/c1-13-11-14(2)18-17(12-13)23(9-10-27-4)21(28-18)22-19(24)15-5-7-16(8-6-15)20(25)26-3/h5-8,11-12H,9-10H2,1-4H3. The van der Waals surface area contributed by atoms with Crippen LogP contribution in [0.4, 0.5) is 0 Å². The summed E-state index contributed by atoms with van der Waals surface area (Å²) in [5.74, 6) is 0.185. The van der Waals surface area contributed by atoms with Crippen LogP contribution in [0.2, 0.25) is 0 Å². The molecule has 0 saturated heterocycles. The maximum Gasteiger partial charge on any atom is 0.337 e. The summed E-state index contributed by atoms with van der Waals surface area (Å²) in [7, 11) is 1.33. The quantitative estimate of drug-likeness (QED) is 0.587. The molecule has 1 amide bonds. The minimum Gasteiger partial charge on any atom is -0.465 e. The number of amides is 1. The number of methoxy groups -OCH3 is 1. The first-order valence-electron chi connectivity index (χ1n) is 8.81. The molecule has 5 nitrogen and oxygen atoms in total. The lowest BCUT2D eigenvalue weighted by molar-refractivity contribution is 0.0600. The summed E-state index contributed by atoms with van der Waals surface area (Å²) in [5.41, 5.74) is 4.34. The molecule has 0 N–H and O–H groups in total. The molecule has 7 heteroatoms. The Bertz CT molecular complexity index is 1100. The predicted molar refractivity (Wildman–Crippen MR) is 115 cm³/mol. The van der Waals surface area contributed by atoms with Gasteiger partial charge in [0.05, 0.1) is 22.9 Å². The summed E-state index contributed by atoms with van der Waals surface area (Å²) in [5, 5.41) is 0. The fraction of sp³-hybridized carbons (Fsp3) is 0.286. The number of hydrogen-bond donors (Lipinski definition) is 0. The highest BCUT2D eigenvalue weighted by molar-refractivity contribution is 7.98. The summed E-state index contributed by atoms with van der Waals surface area (Å²) in [6, 6.07) is 10.7. The molecular weight excluding hydrogens is 392 g/mol. The van der Waals surface area contributed by atoms with Crippen LogP contribution in [0.15, 0.2) is 41.4 Å². The molecular formula is C21H22N2O3S2. The van der Waals surface area contributed by atoms with Crippen LogP contribution in [-0.4, -0.2) is 35.6 Å². The highest BCUT2D eigenvalue weighted by Gasteiger charge is 2.12. The van der Waals surface area contributed by atoms with Crippen LogP contribution >= 0.6 is 23.1 Å². The lowest BCUT2D eigenvalue weighted by Crippen LogP contribution is -2.18. The molecule has 0 unspecified atom stereocenters. The first-order valence-corrected chi connectivity index (χ1v) is 11.0. The van der Waals surface area contributed by atoms with Crippen LogP contribution in [0, 0.1) is 13.8 Å². The van der Waals surface area contributed by atoms with Gasteiger partial charge < -0.3 is 9.30 Å². The second-order valence-electron chi connectivity index (χ2n) is 6.45. The number of aryl methyl sites for hydroxylation is 3. The fourth-order valence-electron chi connectivity index (χ4n) is 3.01. The number of hydrogen-bond acceptors (Lipinski definition) is 5. The molecule has 146 valence electrons. The van der Waals surface area contributed by atoms with Crippen LogP contribution in [0.25, 0.3) is 10.2 Å². The number of carbonyl (C=O) groups is 2. The average molecular weight is 415 g/mol. The molecule has 1 aromatic heterocycles. The van der Waals surface area contributed by atoms with Crippen molar-refractivity contribution in [1.82, 2.24) is 4.57 Å². The summed E-state index contributed by atoms with van der Waals surface area (Å²) in [4.78, 5) is 29.4. The topological polar surface area (TPSA) is 60.7 Å². The van der Waals surface area contributed by atoms with E-state index in [4.69, 9.17) is 0 Å². The third-order valence-electron chi connectivity index (χ3n) is 4.38. The van der Waals surface area contributed by atoms with Crippen molar-refractivity contribution >= 4 is 45.2 Å². The Hall–Kier alpha value is -2.38. The number of carbonyl (C=O) groups excluding carboxylic acids is 2. The van der Waals surface area contributed by atoms with E-state index in [1.807, 2.05) is 0 Å². The minimum absolute atomic E-state index is 0.324. The Kier molecular flexibility index (Phi) is 6.36. The van der Waals surface area contributed by atoms with Crippen molar-refractivity contribution in [3.63, 3.8) is 0 Å². The Labute approximate surface area is 172 Å². The maximum atomic E-state index is 12.7. The van der Waals surface area contributed by atoms with E-state index in [1.54, 1.807) is 36.0 Å². The van der Waals surface area contributed by atoms with Gasteiger partial charge in [-0.3, -0.25) is 4.79 Å². The molecule has 0 aliphatic heterocycles. The zero-order chi connectivity index (χ0) is 20.3. The first kappa shape index (κ1) is 20.4. The van der Waals surface area contributed by atoms with Crippen LogP contribution in [0.5, 0.6) is 0 Å². The summed E-state index contributed by atoms with van der Waals surface area (Å²) < 4.78 is 7.96. The lowest BCUT2D eigenvalue weighted by Gasteiger charge is -2.05. The molecule has 0 radical (unpaired) electrons. The van der Waals surface area contributed by atoms with Crippen molar-refractivity contribution in [3.05, 3.63) is 63.5 Å². The van der Waals surface area contributed by atoms with Gasteiger partial charge in [0.15, 0.2) is 4.80 Å². The molecule has 28 heavy (non-hydrogen) atoms. The van der Waals surface area contributed by atoms with Crippen LogP contribution in [0.3, 0.4) is 0 Å². The van der Waals surface area contributed by atoms with Gasteiger partial charge in [-0.05, 0) is 61.6 Å². The molecule has 0 spiro atoms. The van der Waals surface area contributed by atoms with Gasteiger partial charge in [0.2, 0.25) is 0 Å². The molecule has 0 saturated carbocycles. The number of aromatic nitrogens is 1. The zero-order valence-electron chi connectivity index (χ0n) is 16.3. The van der Waals surface area contributed by atoms with E-state index in [1.165, 1.54) is 29.6 Å². The molecule has 0 bridgehead atoms. The second kappa shape index (κ2) is 8.75. The lowest BCUT2D eigenvalue weighted by atomic mass is 10.1. The van der Waals surface area contributed by atoms with Crippen LogP contribution in [-0.2, 0) is 11.3 Å². The van der Waals surface area contributed by atoms with E-state index in [0.717, 1.165) is 22.5 Å². The minimum atomic E-state index is -0.429. The van der Waals surface area contributed by atoms with Crippen molar-refractivity contribution in [1.29, 1.82) is 0 Å². The van der Waals surface area contributed by atoms with E-state index >= 15 is 0 Å². The smallest absolute Gasteiger partial charge is 0.337 e. The maximum absolute atomic E-state index is 12.7. The highest BCUT2D eigenvalue weighted by Crippen LogP contribution is 2.24. The molecule has 0 aliphatic rings. The number of thiazole rings is 1. The largest absolute Gasteiger partial charge is 0.465 e. The van der Waals surface area contributed by atoms with Gasteiger partial charge in [0, 0.05) is 17.9 Å². The van der Waals surface area contributed by atoms with Crippen molar-refractivity contribution < 1.29 is 14.3 Å². The fourth-order valence-corrected chi connectivity index (χ4v) is 4.48. The Balaban J connectivity index is 2.06. The predicted octanol–water partition coefficient (Wildman–Crippen LogP) is 4.21. The number of thioether (sulfide) groups is 1. The van der Waals surface area contributed by atoms with Crippen LogP contribution in [0.1, 0.15) is 31.8 Å². The number of benzene rings is 2. The summed E-state index contributed by atoms with van der Waals surface area (Å²) in [6.07, 6.45) is 2.07. The van der Waals surface area contributed by atoms with E-state index in [2.05, 4.69) is 46.5 Å². The molecule has 0 fully saturated rings. The Morgan fingerprint density at radius 2 is 1.82 bits per heavy atom. The zero-order valence-corrected chi connectivity index (χ0v) is 17.9. The first-order chi connectivity index (χ1) is 13.4. The van der Waals surface area contributed by atoms with Gasteiger partial charge in [-0.25, -0.2) is 4.79 Å². The third kappa shape index (κ3) is 4.20. The monoisotopic (exact) mass is 414 g/mol. The van der Waals surface area contributed by atoms with Gasteiger partial charge in [0.1, 0.15) is 0 Å². The van der Waals surface area contributed by atoms with Gasteiger partial charge in [-0.1, -0.05) is 17.4 Å². The van der Waals surface area contributed by atoms with Gasteiger partial charge in [-0.2, -0.15) is 16.8 Å². The molecule has 3 aromatic rings. The van der Waals surface area contributed by atoms with Crippen molar-refractivity contribution in [2.75, 3.05) is 19.1 Å². The summed E-state index contributed by atoms with van der Waals surface area (Å²) >= 11 is 3.30. The average Bonchev–Trinajstić information content (AvgIpc) is 3.03. The Morgan fingerprint density at radius 1 is 1.14 bits per heavy atom. The van der Waals surface area contributed by atoms with Crippen LogP contribution < -0.4 is 4.80 Å². The summed E-state index contributed by atoms with van der Waals surface area (Å²) in [6.45, 7) is 4.95. The van der Waals surface area contributed by atoms with Crippen molar-refractivity contribution in [3.8, 4) is 0 Å². The number of ether oxygens (including phenoxy) is 1. The number of esters is 1. The normalized spacial score (nSPS) is 11.8. The number of fused-ring (bicyclic) bond motifs is 1. The highest BCUT2D eigenvalue weighted by atomic mass is 32.2. The Morgan fingerprint density at radius 3 is 2.46 bits per heavy atom. The third-order valence-corrected chi connectivity index (χ3v) is 6.20.